The summed E-state index contributed by atoms with van der Waals surface area (Å²) in [4.78, 5) is 6.79. The number of ether oxygens (including phenoxy) is 1. The Bertz CT molecular complexity index is 423. The molecule has 0 spiro atoms. The summed E-state index contributed by atoms with van der Waals surface area (Å²) >= 11 is 0. The molecule has 1 aliphatic heterocycles. The van der Waals surface area contributed by atoms with Gasteiger partial charge in [0, 0.05) is 19.0 Å². The van der Waals surface area contributed by atoms with Gasteiger partial charge < -0.3 is 19.9 Å². The number of hydrogen-bond donors (Lipinski definition) is 1. The van der Waals surface area contributed by atoms with E-state index in [-0.39, 0.29) is 6.10 Å². The average Bonchev–Trinajstić information content (AvgIpc) is 3.07. The van der Waals surface area contributed by atoms with Gasteiger partial charge in [0.05, 0.1) is 6.61 Å². The number of aromatic nitrogens is 2. The predicted molar refractivity (Wildman–Crippen MR) is 69.6 cm³/mol. The summed E-state index contributed by atoms with van der Waals surface area (Å²) in [5, 5.41) is 4.11. The molecule has 6 nitrogen and oxygen atoms in total. The summed E-state index contributed by atoms with van der Waals surface area (Å²) in [5.41, 5.74) is 5.81. The molecule has 2 heterocycles. The summed E-state index contributed by atoms with van der Waals surface area (Å²) in [7, 11) is 2.08. The van der Waals surface area contributed by atoms with Gasteiger partial charge in [-0.3, -0.25) is 0 Å². The maximum absolute atomic E-state index is 5.81. The fourth-order valence-corrected chi connectivity index (χ4v) is 3.11. The van der Waals surface area contributed by atoms with E-state index in [0.29, 0.717) is 24.2 Å². The fraction of sp³-hybridized carbons (Fsp3) is 0.846. The maximum atomic E-state index is 5.81. The van der Waals surface area contributed by atoms with Crippen molar-refractivity contribution in [1.29, 1.82) is 0 Å². The second-order valence-electron chi connectivity index (χ2n) is 5.65. The van der Waals surface area contributed by atoms with Crippen LogP contribution in [0.4, 0.5) is 0 Å². The largest absolute Gasteiger partial charge is 0.367 e. The van der Waals surface area contributed by atoms with Crippen LogP contribution in [0.25, 0.3) is 0 Å². The van der Waals surface area contributed by atoms with Crippen LogP contribution in [0.5, 0.6) is 0 Å². The molecule has 2 fully saturated rings. The summed E-state index contributed by atoms with van der Waals surface area (Å²) in [6, 6.07) is 0. The van der Waals surface area contributed by atoms with Crippen molar-refractivity contribution in [1.82, 2.24) is 15.0 Å². The van der Waals surface area contributed by atoms with Gasteiger partial charge in [0.25, 0.3) is 0 Å². The first kappa shape index (κ1) is 13.0. The van der Waals surface area contributed by atoms with E-state index in [1.54, 1.807) is 0 Å². The Morgan fingerprint density at radius 1 is 1.42 bits per heavy atom. The van der Waals surface area contributed by atoms with Crippen molar-refractivity contribution >= 4 is 0 Å². The first-order valence-electron chi connectivity index (χ1n) is 7.11. The van der Waals surface area contributed by atoms with Crippen LogP contribution in [0.1, 0.15) is 43.0 Å². The number of nitrogens with two attached hydrogens (primary N) is 1. The lowest BCUT2D eigenvalue weighted by Gasteiger charge is -2.27. The molecule has 2 N–H and O–H groups in total. The third-order valence-electron chi connectivity index (χ3n) is 4.29. The molecule has 1 aromatic rings. The molecule has 2 aliphatic rings. The Hall–Kier alpha value is -0.980. The SMILES string of the molecule is CN1CCOC(c2noc(C3CCCC3CN)n2)C1. The molecule has 3 atom stereocenters. The quantitative estimate of drug-likeness (QED) is 0.876. The van der Waals surface area contributed by atoms with E-state index in [0.717, 1.165) is 32.0 Å². The standard InChI is InChI=1S/C13H22N4O2/c1-17-5-6-18-11(8-17)12-15-13(19-16-12)10-4-2-3-9(10)7-14/h9-11H,2-8,14H2,1H3. The minimum absolute atomic E-state index is 0.0611. The molecule has 3 rings (SSSR count). The van der Waals surface area contributed by atoms with Crippen molar-refractivity contribution in [3.8, 4) is 0 Å². The normalized spacial score (nSPS) is 32.8. The van der Waals surface area contributed by atoms with E-state index >= 15 is 0 Å². The maximum Gasteiger partial charge on any atom is 0.230 e. The van der Waals surface area contributed by atoms with Crippen molar-refractivity contribution in [2.75, 3.05) is 33.3 Å². The first-order valence-corrected chi connectivity index (χ1v) is 7.11. The van der Waals surface area contributed by atoms with Crippen LogP contribution in [0.3, 0.4) is 0 Å². The van der Waals surface area contributed by atoms with Crippen LogP contribution in [0.15, 0.2) is 4.52 Å². The van der Waals surface area contributed by atoms with Crippen LogP contribution in [-0.4, -0.2) is 48.3 Å². The zero-order valence-electron chi connectivity index (χ0n) is 11.4. The van der Waals surface area contributed by atoms with E-state index in [1.807, 2.05) is 0 Å². The van der Waals surface area contributed by atoms with Gasteiger partial charge in [-0.2, -0.15) is 4.98 Å². The number of hydrogen-bond acceptors (Lipinski definition) is 6. The van der Waals surface area contributed by atoms with Gasteiger partial charge in [0.1, 0.15) is 6.10 Å². The second-order valence-corrected chi connectivity index (χ2v) is 5.65. The molecule has 1 aliphatic carbocycles. The highest BCUT2D eigenvalue weighted by atomic mass is 16.5. The van der Waals surface area contributed by atoms with Gasteiger partial charge in [-0.1, -0.05) is 11.6 Å². The lowest BCUT2D eigenvalue weighted by molar-refractivity contribution is -0.0264. The van der Waals surface area contributed by atoms with E-state index < -0.39 is 0 Å². The molecular formula is C13H22N4O2. The van der Waals surface area contributed by atoms with Crippen LogP contribution < -0.4 is 5.73 Å². The van der Waals surface area contributed by atoms with E-state index in [4.69, 9.17) is 15.0 Å². The fourth-order valence-electron chi connectivity index (χ4n) is 3.11. The Balaban J connectivity index is 1.72. The molecule has 6 heteroatoms. The molecule has 3 unspecified atom stereocenters. The van der Waals surface area contributed by atoms with Gasteiger partial charge in [0.2, 0.25) is 11.7 Å². The summed E-state index contributed by atoms with van der Waals surface area (Å²) < 4.78 is 11.2. The summed E-state index contributed by atoms with van der Waals surface area (Å²) in [5.74, 6) is 2.26. The minimum atomic E-state index is -0.0611. The highest BCUT2D eigenvalue weighted by Crippen LogP contribution is 2.38. The summed E-state index contributed by atoms with van der Waals surface area (Å²) in [6.07, 6.45) is 3.41. The molecule has 19 heavy (non-hydrogen) atoms. The number of morpholine rings is 1. The molecule has 1 aromatic heterocycles. The van der Waals surface area contributed by atoms with Crippen molar-refractivity contribution in [2.24, 2.45) is 11.7 Å². The third-order valence-corrected chi connectivity index (χ3v) is 4.29. The smallest absolute Gasteiger partial charge is 0.230 e. The second kappa shape index (κ2) is 5.56. The Labute approximate surface area is 113 Å². The van der Waals surface area contributed by atoms with Crippen LogP contribution >= 0.6 is 0 Å². The highest BCUT2D eigenvalue weighted by molar-refractivity contribution is 5.02. The predicted octanol–water partition coefficient (Wildman–Crippen LogP) is 0.915. The van der Waals surface area contributed by atoms with Crippen LogP contribution in [0.2, 0.25) is 0 Å². The highest BCUT2D eigenvalue weighted by Gasteiger charge is 2.33. The molecule has 0 radical (unpaired) electrons. The molecule has 106 valence electrons. The Kier molecular flexibility index (Phi) is 3.81. The molecule has 0 aromatic carbocycles. The van der Waals surface area contributed by atoms with Crippen molar-refractivity contribution in [3.05, 3.63) is 11.7 Å². The van der Waals surface area contributed by atoms with Crippen LogP contribution in [0, 0.1) is 5.92 Å². The lowest BCUT2D eigenvalue weighted by atomic mass is 9.96. The van der Waals surface area contributed by atoms with Gasteiger partial charge in [0.15, 0.2) is 0 Å². The Morgan fingerprint density at radius 3 is 3.11 bits per heavy atom. The number of likely N-dealkylation sites (N-methyl/N-ethyl adjacent to an activating group) is 1. The van der Waals surface area contributed by atoms with E-state index in [9.17, 15) is 0 Å². The Morgan fingerprint density at radius 2 is 2.32 bits per heavy atom. The number of nitrogens with zero attached hydrogens (tertiary/aromatic N) is 3. The van der Waals surface area contributed by atoms with Crippen molar-refractivity contribution in [2.45, 2.75) is 31.3 Å². The van der Waals surface area contributed by atoms with Gasteiger partial charge >= 0.3 is 0 Å². The van der Waals surface area contributed by atoms with Crippen LogP contribution in [-0.2, 0) is 4.74 Å². The summed E-state index contributed by atoms with van der Waals surface area (Å²) in [6.45, 7) is 3.20. The van der Waals surface area contributed by atoms with E-state index in [1.165, 1.54) is 12.8 Å². The topological polar surface area (TPSA) is 77.4 Å². The lowest BCUT2D eigenvalue weighted by Crippen LogP contribution is -2.35. The zero-order chi connectivity index (χ0) is 13.2. The molecular weight excluding hydrogens is 244 g/mol. The molecule has 0 bridgehead atoms. The minimum Gasteiger partial charge on any atom is -0.367 e. The van der Waals surface area contributed by atoms with Gasteiger partial charge in [-0.05, 0) is 32.4 Å². The number of rotatable bonds is 3. The van der Waals surface area contributed by atoms with Crippen molar-refractivity contribution < 1.29 is 9.26 Å². The zero-order valence-corrected chi connectivity index (χ0v) is 11.4. The molecule has 1 saturated heterocycles. The average molecular weight is 266 g/mol. The van der Waals surface area contributed by atoms with Crippen molar-refractivity contribution in [3.63, 3.8) is 0 Å². The van der Waals surface area contributed by atoms with E-state index in [2.05, 4.69) is 22.1 Å². The van der Waals surface area contributed by atoms with Gasteiger partial charge in [-0.25, -0.2) is 0 Å². The third kappa shape index (κ3) is 2.66. The monoisotopic (exact) mass is 266 g/mol. The van der Waals surface area contributed by atoms with Gasteiger partial charge in [-0.15, -0.1) is 0 Å². The molecule has 1 saturated carbocycles. The molecule has 0 amide bonds. The first-order chi connectivity index (χ1) is 9.28.